The fourth-order valence-corrected chi connectivity index (χ4v) is 2.97. The molecule has 0 aromatic heterocycles. The van der Waals surface area contributed by atoms with Crippen molar-refractivity contribution in [2.75, 3.05) is 33.2 Å². The van der Waals surface area contributed by atoms with E-state index in [0.717, 1.165) is 44.5 Å². The highest BCUT2D eigenvalue weighted by Gasteiger charge is 2.24. The molecule has 5 heteroatoms. The molecule has 1 N–H and O–H groups in total. The highest BCUT2D eigenvalue weighted by molar-refractivity contribution is 5.74. The third-order valence-electron chi connectivity index (χ3n) is 4.65. The number of urea groups is 1. The molecule has 23 heavy (non-hydrogen) atoms. The van der Waals surface area contributed by atoms with Gasteiger partial charge in [0.25, 0.3) is 0 Å². The zero-order chi connectivity index (χ0) is 16.7. The molecule has 1 saturated heterocycles. The first-order valence-electron chi connectivity index (χ1n) is 8.36. The molecule has 2 amide bonds. The summed E-state index contributed by atoms with van der Waals surface area (Å²) >= 11 is 0. The number of benzene rings is 1. The average molecular weight is 314 g/mol. The third-order valence-corrected chi connectivity index (χ3v) is 4.65. The Labute approximate surface area is 138 Å². The quantitative estimate of drug-likeness (QED) is 0.906. The summed E-state index contributed by atoms with van der Waals surface area (Å²) in [5, 5.41) is 11.8. The molecule has 1 heterocycles. The van der Waals surface area contributed by atoms with Crippen LogP contribution in [0.25, 0.3) is 0 Å². The average Bonchev–Trinajstić information content (AvgIpc) is 2.61. The van der Waals surface area contributed by atoms with Crippen LogP contribution in [-0.4, -0.2) is 55.1 Å². The first-order chi connectivity index (χ1) is 11.1. The number of amides is 2. The van der Waals surface area contributed by atoms with Gasteiger partial charge >= 0.3 is 6.03 Å². The van der Waals surface area contributed by atoms with Gasteiger partial charge in [0.05, 0.1) is 11.6 Å². The van der Waals surface area contributed by atoms with Gasteiger partial charge in [-0.25, -0.2) is 4.79 Å². The minimum Gasteiger partial charge on any atom is -0.338 e. The molecule has 1 fully saturated rings. The first kappa shape index (κ1) is 17.3. The van der Waals surface area contributed by atoms with Crippen LogP contribution in [0.2, 0.25) is 0 Å². The van der Waals surface area contributed by atoms with Gasteiger partial charge in [0, 0.05) is 32.7 Å². The number of hydrogen-bond acceptors (Lipinski definition) is 3. The zero-order valence-corrected chi connectivity index (χ0v) is 14.1. The van der Waals surface area contributed by atoms with Gasteiger partial charge in [0.15, 0.2) is 0 Å². The lowest BCUT2D eigenvalue weighted by Crippen LogP contribution is -2.49. The number of nitrogens with one attached hydrogen (secondary N) is 1. The van der Waals surface area contributed by atoms with Crippen LogP contribution in [0.3, 0.4) is 0 Å². The van der Waals surface area contributed by atoms with Crippen molar-refractivity contribution in [1.82, 2.24) is 15.1 Å². The SMILES string of the molecule is CCN1CCC(N(C)C(=O)NCCc2ccc(C#N)cc2)CC1. The third kappa shape index (κ3) is 4.97. The number of carbonyl (C=O) groups is 1. The molecule has 1 aromatic carbocycles. The molecule has 0 unspecified atom stereocenters. The largest absolute Gasteiger partial charge is 0.338 e. The lowest BCUT2D eigenvalue weighted by atomic mass is 10.0. The van der Waals surface area contributed by atoms with E-state index in [4.69, 9.17) is 5.26 Å². The Morgan fingerprint density at radius 3 is 2.57 bits per heavy atom. The van der Waals surface area contributed by atoms with E-state index in [-0.39, 0.29) is 6.03 Å². The molecule has 124 valence electrons. The molecule has 0 aliphatic carbocycles. The van der Waals surface area contributed by atoms with Crippen LogP contribution in [0.15, 0.2) is 24.3 Å². The van der Waals surface area contributed by atoms with Crippen LogP contribution in [-0.2, 0) is 6.42 Å². The molecule has 0 saturated carbocycles. The number of piperidine rings is 1. The molecular weight excluding hydrogens is 288 g/mol. The molecule has 0 spiro atoms. The number of rotatable bonds is 5. The molecule has 2 rings (SSSR count). The van der Waals surface area contributed by atoms with Gasteiger partial charge in [0.2, 0.25) is 0 Å². The standard InChI is InChI=1S/C18H26N4O/c1-3-22-12-9-17(10-13-22)21(2)18(23)20-11-8-15-4-6-16(14-19)7-5-15/h4-7,17H,3,8-13H2,1-2H3,(H,20,23). The second-order valence-electron chi connectivity index (χ2n) is 6.07. The van der Waals surface area contributed by atoms with Crippen molar-refractivity contribution < 1.29 is 4.79 Å². The van der Waals surface area contributed by atoms with Crippen molar-refractivity contribution in [1.29, 1.82) is 5.26 Å². The van der Waals surface area contributed by atoms with Crippen molar-refractivity contribution in [3.05, 3.63) is 35.4 Å². The molecule has 0 bridgehead atoms. The first-order valence-corrected chi connectivity index (χ1v) is 8.36. The van der Waals surface area contributed by atoms with E-state index in [2.05, 4.69) is 23.2 Å². The molecule has 1 aromatic rings. The van der Waals surface area contributed by atoms with E-state index in [0.29, 0.717) is 18.2 Å². The fourth-order valence-electron chi connectivity index (χ4n) is 2.97. The molecule has 1 aliphatic heterocycles. The minimum atomic E-state index is 0.00796. The highest BCUT2D eigenvalue weighted by Crippen LogP contribution is 2.15. The van der Waals surface area contributed by atoms with Crippen molar-refractivity contribution >= 4 is 6.03 Å². The summed E-state index contributed by atoms with van der Waals surface area (Å²) in [7, 11) is 1.89. The summed E-state index contributed by atoms with van der Waals surface area (Å²) in [6, 6.07) is 9.96. The summed E-state index contributed by atoms with van der Waals surface area (Å²) in [5.74, 6) is 0. The topological polar surface area (TPSA) is 59.4 Å². The number of likely N-dealkylation sites (tertiary alicyclic amines) is 1. The Morgan fingerprint density at radius 2 is 2.00 bits per heavy atom. The normalized spacial score (nSPS) is 15.9. The van der Waals surface area contributed by atoms with Crippen molar-refractivity contribution in [2.45, 2.75) is 32.2 Å². The Hall–Kier alpha value is -2.06. The molecule has 1 aliphatic rings. The lowest BCUT2D eigenvalue weighted by Gasteiger charge is -2.36. The van der Waals surface area contributed by atoms with Gasteiger partial charge in [-0.2, -0.15) is 5.26 Å². The van der Waals surface area contributed by atoms with E-state index < -0.39 is 0 Å². The summed E-state index contributed by atoms with van der Waals surface area (Å²) in [6.45, 7) is 6.03. The van der Waals surface area contributed by atoms with Crippen LogP contribution in [0.5, 0.6) is 0 Å². The maximum absolute atomic E-state index is 12.2. The molecule has 0 radical (unpaired) electrons. The highest BCUT2D eigenvalue weighted by atomic mass is 16.2. The fraction of sp³-hybridized carbons (Fsp3) is 0.556. The summed E-state index contributed by atoms with van der Waals surface area (Å²) in [6.07, 6.45) is 2.88. The van der Waals surface area contributed by atoms with Gasteiger partial charge in [-0.05, 0) is 43.5 Å². The second kappa shape index (κ2) is 8.54. The van der Waals surface area contributed by atoms with Crippen molar-refractivity contribution in [2.24, 2.45) is 0 Å². The van der Waals surface area contributed by atoms with Crippen molar-refractivity contribution in [3.63, 3.8) is 0 Å². The van der Waals surface area contributed by atoms with Gasteiger partial charge in [-0.1, -0.05) is 19.1 Å². The smallest absolute Gasteiger partial charge is 0.317 e. The summed E-state index contributed by atoms with van der Waals surface area (Å²) in [5.41, 5.74) is 1.79. The monoisotopic (exact) mass is 314 g/mol. The maximum atomic E-state index is 12.2. The second-order valence-corrected chi connectivity index (χ2v) is 6.07. The van der Waals surface area contributed by atoms with Crippen LogP contribution < -0.4 is 5.32 Å². The zero-order valence-electron chi connectivity index (χ0n) is 14.1. The van der Waals surface area contributed by atoms with E-state index in [1.165, 1.54) is 0 Å². The summed E-state index contributed by atoms with van der Waals surface area (Å²) < 4.78 is 0. The van der Waals surface area contributed by atoms with E-state index >= 15 is 0 Å². The molecule has 0 atom stereocenters. The maximum Gasteiger partial charge on any atom is 0.317 e. The van der Waals surface area contributed by atoms with E-state index in [1.54, 1.807) is 0 Å². The van der Waals surface area contributed by atoms with Gasteiger partial charge in [-0.3, -0.25) is 0 Å². The Kier molecular flexibility index (Phi) is 6.42. The lowest BCUT2D eigenvalue weighted by molar-refractivity contribution is 0.138. The van der Waals surface area contributed by atoms with Gasteiger partial charge in [-0.15, -0.1) is 0 Å². The van der Waals surface area contributed by atoms with Crippen LogP contribution in [0.4, 0.5) is 4.79 Å². The van der Waals surface area contributed by atoms with Gasteiger partial charge < -0.3 is 15.1 Å². The predicted octanol–water partition coefficient (Wildman–Crippen LogP) is 2.23. The molecular formula is C18H26N4O. The Morgan fingerprint density at radius 1 is 1.35 bits per heavy atom. The van der Waals surface area contributed by atoms with Crippen LogP contribution in [0.1, 0.15) is 30.9 Å². The predicted molar refractivity (Wildman–Crippen MR) is 91.2 cm³/mol. The number of carbonyl (C=O) groups excluding carboxylic acids is 1. The molecule has 5 nitrogen and oxygen atoms in total. The van der Waals surface area contributed by atoms with Crippen LogP contribution >= 0.6 is 0 Å². The van der Waals surface area contributed by atoms with Gasteiger partial charge in [0.1, 0.15) is 0 Å². The number of hydrogen-bond donors (Lipinski definition) is 1. The number of nitriles is 1. The summed E-state index contributed by atoms with van der Waals surface area (Å²) in [4.78, 5) is 16.5. The van der Waals surface area contributed by atoms with E-state index in [1.807, 2.05) is 36.2 Å². The van der Waals surface area contributed by atoms with Crippen molar-refractivity contribution in [3.8, 4) is 6.07 Å². The Balaban J connectivity index is 1.72. The van der Waals surface area contributed by atoms with Crippen LogP contribution in [0, 0.1) is 11.3 Å². The number of nitrogens with zero attached hydrogens (tertiary/aromatic N) is 3. The van der Waals surface area contributed by atoms with E-state index in [9.17, 15) is 4.79 Å². The minimum absolute atomic E-state index is 0.00796. The Bertz CT molecular complexity index is 541.